The Morgan fingerprint density at radius 1 is 1.21 bits per heavy atom. The maximum Gasteiger partial charge on any atom is 0.414 e. The highest BCUT2D eigenvalue weighted by Gasteiger charge is 2.33. The van der Waals surface area contributed by atoms with Crippen molar-refractivity contribution in [3.63, 3.8) is 0 Å². The Balaban J connectivity index is 1.34. The highest BCUT2D eigenvalue weighted by Crippen LogP contribution is 2.29. The van der Waals surface area contributed by atoms with Crippen LogP contribution < -0.4 is 20.4 Å². The number of ether oxygens (including phenoxy) is 1. The van der Waals surface area contributed by atoms with Gasteiger partial charge in [0.05, 0.1) is 31.1 Å². The summed E-state index contributed by atoms with van der Waals surface area (Å²) in [6.07, 6.45) is 1.62. The van der Waals surface area contributed by atoms with Gasteiger partial charge in [-0.25, -0.2) is 19.0 Å². The van der Waals surface area contributed by atoms with E-state index in [-0.39, 0.29) is 37.1 Å². The number of cyclic esters (lactones) is 1. The summed E-state index contributed by atoms with van der Waals surface area (Å²) in [6, 6.07) is 4.49. The fourth-order valence-corrected chi connectivity index (χ4v) is 4.43. The van der Waals surface area contributed by atoms with E-state index in [4.69, 9.17) is 9.57 Å². The standard InChI is InChI=1S/C23H32FN5O5/c1-16(30)2-4-19-15-28(23(32)34-19)18-3-5-21(20(24)14-18)27-10-11-29(33-13-12-27)22(31)26-17-6-8-25-9-7-17/h3,5,14,17,19,25H,2,4,6-13,15H2,1H3,(H,26,31)/t19-/m0/s1. The third-order valence-electron chi connectivity index (χ3n) is 6.35. The van der Waals surface area contributed by atoms with Gasteiger partial charge >= 0.3 is 12.1 Å². The number of urea groups is 1. The molecule has 3 heterocycles. The van der Waals surface area contributed by atoms with Crippen molar-refractivity contribution in [1.29, 1.82) is 0 Å². The second kappa shape index (κ2) is 11.0. The molecule has 3 aliphatic heterocycles. The molecule has 3 amide bonds. The number of carbonyl (C=O) groups is 3. The Hall–Kier alpha value is -2.92. The molecule has 0 unspecified atom stereocenters. The molecule has 186 valence electrons. The molecule has 4 rings (SSSR count). The van der Waals surface area contributed by atoms with Gasteiger partial charge in [-0.05, 0) is 57.5 Å². The molecule has 10 nitrogen and oxygen atoms in total. The van der Waals surface area contributed by atoms with E-state index in [1.165, 1.54) is 23.0 Å². The predicted octanol–water partition coefficient (Wildman–Crippen LogP) is 2.04. The van der Waals surface area contributed by atoms with Crippen LogP contribution in [0.1, 0.15) is 32.6 Å². The zero-order chi connectivity index (χ0) is 24.1. The smallest absolute Gasteiger partial charge is 0.414 e. The minimum Gasteiger partial charge on any atom is -0.444 e. The average molecular weight is 478 g/mol. The molecule has 1 aromatic carbocycles. The third kappa shape index (κ3) is 5.95. The quantitative estimate of drug-likeness (QED) is 0.646. The van der Waals surface area contributed by atoms with E-state index in [1.807, 2.05) is 4.90 Å². The number of benzene rings is 1. The summed E-state index contributed by atoms with van der Waals surface area (Å²) < 4.78 is 20.4. The molecule has 1 atom stereocenters. The van der Waals surface area contributed by atoms with E-state index in [0.29, 0.717) is 43.9 Å². The van der Waals surface area contributed by atoms with Crippen molar-refractivity contribution in [3.05, 3.63) is 24.0 Å². The highest BCUT2D eigenvalue weighted by molar-refractivity contribution is 5.90. The molecular formula is C23H32FN5O5. The van der Waals surface area contributed by atoms with Gasteiger partial charge in [0.2, 0.25) is 0 Å². The number of Topliss-reactive ketones (excluding diaryl/α,β-unsaturated/α-hetero) is 1. The molecule has 0 spiro atoms. The van der Waals surface area contributed by atoms with E-state index < -0.39 is 11.9 Å². The number of carbonyl (C=O) groups excluding carboxylic acids is 3. The molecule has 0 radical (unpaired) electrons. The van der Waals surface area contributed by atoms with Crippen LogP contribution in [0.25, 0.3) is 0 Å². The second-order valence-electron chi connectivity index (χ2n) is 8.89. The van der Waals surface area contributed by atoms with Gasteiger partial charge in [0, 0.05) is 25.6 Å². The fourth-order valence-electron chi connectivity index (χ4n) is 4.43. The van der Waals surface area contributed by atoms with Gasteiger partial charge in [-0.15, -0.1) is 0 Å². The molecule has 3 aliphatic rings. The zero-order valence-electron chi connectivity index (χ0n) is 19.4. The first-order valence-electron chi connectivity index (χ1n) is 11.8. The molecule has 34 heavy (non-hydrogen) atoms. The highest BCUT2D eigenvalue weighted by atomic mass is 19.1. The van der Waals surface area contributed by atoms with Crippen molar-refractivity contribution in [2.75, 3.05) is 55.7 Å². The number of nitrogens with zero attached hydrogens (tertiary/aromatic N) is 3. The lowest BCUT2D eigenvalue weighted by atomic mass is 10.1. The van der Waals surface area contributed by atoms with E-state index >= 15 is 4.39 Å². The minimum absolute atomic E-state index is 0.0358. The van der Waals surface area contributed by atoms with E-state index in [1.54, 1.807) is 12.1 Å². The predicted molar refractivity (Wildman–Crippen MR) is 123 cm³/mol. The van der Waals surface area contributed by atoms with Crippen molar-refractivity contribution in [2.24, 2.45) is 0 Å². The van der Waals surface area contributed by atoms with Crippen molar-refractivity contribution in [1.82, 2.24) is 15.7 Å². The van der Waals surface area contributed by atoms with E-state index in [9.17, 15) is 14.4 Å². The minimum atomic E-state index is -0.542. The molecular weight excluding hydrogens is 445 g/mol. The van der Waals surface area contributed by atoms with Gasteiger partial charge in [0.15, 0.2) is 0 Å². The lowest BCUT2D eigenvalue weighted by molar-refractivity contribution is -0.117. The van der Waals surface area contributed by atoms with Gasteiger partial charge in [-0.2, -0.15) is 0 Å². The molecule has 0 aliphatic carbocycles. The number of anilines is 2. The maximum absolute atomic E-state index is 15.1. The first kappa shape index (κ1) is 24.2. The normalized spacial score (nSPS) is 21.9. The van der Waals surface area contributed by atoms with Crippen LogP contribution in [0.3, 0.4) is 0 Å². The van der Waals surface area contributed by atoms with Crippen LogP contribution in [0.2, 0.25) is 0 Å². The molecule has 0 saturated carbocycles. The van der Waals surface area contributed by atoms with Crippen LogP contribution in [-0.4, -0.2) is 81.0 Å². The summed E-state index contributed by atoms with van der Waals surface area (Å²) in [5.74, 6) is -0.432. The Morgan fingerprint density at radius 2 is 2.00 bits per heavy atom. The van der Waals surface area contributed by atoms with Gasteiger partial charge in [-0.3, -0.25) is 9.74 Å². The van der Waals surface area contributed by atoms with Crippen LogP contribution in [0.5, 0.6) is 0 Å². The van der Waals surface area contributed by atoms with Crippen LogP contribution >= 0.6 is 0 Å². The summed E-state index contributed by atoms with van der Waals surface area (Å²) in [6.45, 7) is 4.92. The molecule has 3 fully saturated rings. The third-order valence-corrected chi connectivity index (χ3v) is 6.35. The van der Waals surface area contributed by atoms with Crippen LogP contribution in [-0.2, 0) is 14.4 Å². The van der Waals surface area contributed by atoms with Gasteiger partial charge in [-0.1, -0.05) is 0 Å². The molecule has 0 bridgehead atoms. The number of ketones is 1. The average Bonchev–Trinajstić information content (AvgIpc) is 3.02. The number of rotatable bonds is 6. The van der Waals surface area contributed by atoms with Gasteiger partial charge in [0.1, 0.15) is 17.7 Å². The van der Waals surface area contributed by atoms with Gasteiger partial charge < -0.3 is 25.1 Å². The van der Waals surface area contributed by atoms with Crippen molar-refractivity contribution < 1.29 is 28.3 Å². The number of halogens is 1. The van der Waals surface area contributed by atoms with Crippen LogP contribution in [0.4, 0.5) is 25.4 Å². The number of hydrogen-bond donors (Lipinski definition) is 2. The molecule has 11 heteroatoms. The Kier molecular flexibility index (Phi) is 7.84. The topological polar surface area (TPSA) is 103 Å². The SMILES string of the molecule is CC(=O)CC[C@H]1CN(c2ccc(N3CCON(C(=O)NC4CCNCC4)CC3)c(F)c2)C(=O)O1. The number of hydrogen-bond acceptors (Lipinski definition) is 7. The molecule has 2 N–H and O–H groups in total. The van der Waals surface area contributed by atoms with Crippen LogP contribution in [0.15, 0.2) is 18.2 Å². The number of amides is 3. The Morgan fingerprint density at radius 3 is 2.74 bits per heavy atom. The second-order valence-corrected chi connectivity index (χ2v) is 8.89. The van der Waals surface area contributed by atoms with Crippen LogP contribution in [0, 0.1) is 5.82 Å². The molecule has 1 aromatic rings. The fraction of sp³-hybridized carbons (Fsp3) is 0.609. The van der Waals surface area contributed by atoms with Crippen molar-refractivity contribution >= 4 is 29.3 Å². The summed E-state index contributed by atoms with van der Waals surface area (Å²) in [4.78, 5) is 44.8. The first-order valence-corrected chi connectivity index (χ1v) is 11.8. The summed E-state index contributed by atoms with van der Waals surface area (Å²) in [5.41, 5.74) is 0.791. The molecule has 0 aromatic heterocycles. The monoisotopic (exact) mass is 477 g/mol. The Labute approximate surface area is 198 Å². The van der Waals surface area contributed by atoms with Crippen molar-refractivity contribution in [3.8, 4) is 0 Å². The lowest BCUT2D eigenvalue weighted by Gasteiger charge is -2.27. The largest absolute Gasteiger partial charge is 0.444 e. The van der Waals surface area contributed by atoms with Crippen molar-refractivity contribution in [2.45, 2.75) is 44.8 Å². The maximum atomic E-state index is 15.1. The number of hydroxylamine groups is 2. The van der Waals surface area contributed by atoms with Gasteiger partial charge in [0.25, 0.3) is 0 Å². The summed E-state index contributed by atoms with van der Waals surface area (Å²) >= 11 is 0. The Bertz CT molecular complexity index is 910. The summed E-state index contributed by atoms with van der Waals surface area (Å²) in [7, 11) is 0. The number of nitrogens with one attached hydrogen (secondary N) is 2. The molecule has 3 saturated heterocycles. The van der Waals surface area contributed by atoms with E-state index in [2.05, 4.69) is 10.6 Å². The zero-order valence-corrected chi connectivity index (χ0v) is 19.4. The first-order chi connectivity index (χ1) is 16.4. The summed E-state index contributed by atoms with van der Waals surface area (Å²) in [5, 5.41) is 7.58. The number of piperidine rings is 1. The van der Waals surface area contributed by atoms with E-state index in [0.717, 1.165) is 25.9 Å². The lowest BCUT2D eigenvalue weighted by Crippen LogP contribution is -2.49.